The summed E-state index contributed by atoms with van der Waals surface area (Å²) in [6, 6.07) is 14.3. The molecule has 0 spiro atoms. The fourth-order valence-corrected chi connectivity index (χ4v) is 4.61. The SMILES string of the molecule is Cc1cccc(N2CCN(C(=O)Cn3ncc4c(=O)oc5ccc(C)cc5c43)C[C@@H]2C)c1. The zero-order chi connectivity index (χ0) is 22.4. The van der Waals surface area contributed by atoms with Gasteiger partial charge in [0.15, 0.2) is 0 Å². The Morgan fingerprint density at radius 3 is 2.69 bits per heavy atom. The molecule has 1 fully saturated rings. The van der Waals surface area contributed by atoms with Crippen LogP contribution in [0.25, 0.3) is 21.9 Å². The molecule has 4 aromatic rings. The van der Waals surface area contributed by atoms with E-state index in [1.54, 1.807) is 10.7 Å². The van der Waals surface area contributed by atoms with Crippen molar-refractivity contribution >= 4 is 33.5 Å². The van der Waals surface area contributed by atoms with Crippen molar-refractivity contribution in [2.45, 2.75) is 33.4 Å². The summed E-state index contributed by atoms with van der Waals surface area (Å²) in [6.45, 7) is 8.39. The van der Waals surface area contributed by atoms with Gasteiger partial charge in [-0.3, -0.25) is 9.48 Å². The molecule has 5 rings (SSSR count). The van der Waals surface area contributed by atoms with Crippen LogP contribution in [0.2, 0.25) is 0 Å². The Hall–Kier alpha value is -3.61. The van der Waals surface area contributed by atoms with Crippen LogP contribution in [0.4, 0.5) is 5.69 Å². The van der Waals surface area contributed by atoms with Crippen molar-refractivity contribution in [2.75, 3.05) is 24.5 Å². The summed E-state index contributed by atoms with van der Waals surface area (Å²) in [7, 11) is 0. The molecule has 0 saturated carbocycles. The predicted molar refractivity (Wildman–Crippen MR) is 125 cm³/mol. The first-order valence-electron chi connectivity index (χ1n) is 10.9. The molecule has 2 aromatic heterocycles. The van der Waals surface area contributed by atoms with Crippen LogP contribution < -0.4 is 10.5 Å². The molecular weight excluding hydrogens is 404 g/mol. The van der Waals surface area contributed by atoms with Crippen LogP contribution >= 0.6 is 0 Å². The van der Waals surface area contributed by atoms with Gasteiger partial charge in [-0.15, -0.1) is 0 Å². The van der Waals surface area contributed by atoms with E-state index in [2.05, 4.69) is 48.1 Å². The van der Waals surface area contributed by atoms with E-state index in [0.29, 0.717) is 29.6 Å². The van der Waals surface area contributed by atoms with Gasteiger partial charge in [0.05, 0.1) is 11.7 Å². The molecule has 0 N–H and O–H groups in total. The number of benzene rings is 2. The molecule has 7 nitrogen and oxygen atoms in total. The van der Waals surface area contributed by atoms with E-state index < -0.39 is 5.63 Å². The van der Waals surface area contributed by atoms with Gasteiger partial charge in [-0.05, 0) is 50.6 Å². The third-order valence-corrected chi connectivity index (χ3v) is 6.25. The minimum absolute atomic E-state index is 0.000198. The van der Waals surface area contributed by atoms with E-state index in [1.807, 2.05) is 24.0 Å². The van der Waals surface area contributed by atoms with E-state index in [4.69, 9.17) is 4.42 Å². The van der Waals surface area contributed by atoms with Crippen molar-refractivity contribution in [1.82, 2.24) is 14.7 Å². The van der Waals surface area contributed by atoms with Crippen LogP contribution in [0.3, 0.4) is 0 Å². The quantitative estimate of drug-likeness (QED) is 0.465. The van der Waals surface area contributed by atoms with Crippen molar-refractivity contribution in [3.05, 3.63) is 70.2 Å². The second-order valence-electron chi connectivity index (χ2n) is 8.67. The molecule has 0 radical (unpaired) electrons. The highest BCUT2D eigenvalue weighted by Gasteiger charge is 2.27. The number of piperazine rings is 1. The number of aryl methyl sites for hydroxylation is 2. The first-order valence-corrected chi connectivity index (χ1v) is 10.9. The van der Waals surface area contributed by atoms with Gasteiger partial charge >= 0.3 is 5.63 Å². The molecule has 1 aliphatic rings. The normalized spacial score (nSPS) is 16.8. The van der Waals surface area contributed by atoms with Gasteiger partial charge in [0.25, 0.3) is 0 Å². The number of fused-ring (bicyclic) bond motifs is 3. The Bertz CT molecular complexity index is 1390. The summed E-state index contributed by atoms with van der Waals surface area (Å²) in [5.74, 6) is -0.000198. The van der Waals surface area contributed by atoms with Gasteiger partial charge in [0, 0.05) is 36.7 Å². The van der Waals surface area contributed by atoms with Crippen molar-refractivity contribution in [3.63, 3.8) is 0 Å². The summed E-state index contributed by atoms with van der Waals surface area (Å²) in [6.07, 6.45) is 1.49. The van der Waals surface area contributed by atoms with Crippen LogP contribution in [-0.2, 0) is 11.3 Å². The van der Waals surface area contributed by atoms with Gasteiger partial charge in [-0.2, -0.15) is 5.10 Å². The molecule has 7 heteroatoms. The summed E-state index contributed by atoms with van der Waals surface area (Å²) >= 11 is 0. The fraction of sp³-hybridized carbons (Fsp3) is 0.320. The van der Waals surface area contributed by atoms with E-state index >= 15 is 0 Å². The molecule has 0 aliphatic carbocycles. The number of carbonyl (C=O) groups is 1. The Labute approximate surface area is 185 Å². The van der Waals surface area contributed by atoms with E-state index in [-0.39, 0.29) is 18.5 Å². The molecule has 3 heterocycles. The van der Waals surface area contributed by atoms with E-state index in [9.17, 15) is 9.59 Å². The average molecular weight is 431 g/mol. The predicted octanol–water partition coefficient (Wildman–Crippen LogP) is 3.50. The fourth-order valence-electron chi connectivity index (χ4n) is 4.61. The van der Waals surface area contributed by atoms with Gasteiger partial charge in [0.2, 0.25) is 5.91 Å². The van der Waals surface area contributed by atoms with Crippen molar-refractivity contribution in [2.24, 2.45) is 0 Å². The van der Waals surface area contributed by atoms with Gasteiger partial charge in [0.1, 0.15) is 17.5 Å². The van der Waals surface area contributed by atoms with Crippen molar-refractivity contribution < 1.29 is 9.21 Å². The molecule has 0 bridgehead atoms. The smallest absolute Gasteiger partial charge is 0.347 e. The first-order chi connectivity index (χ1) is 15.4. The Morgan fingerprint density at radius 2 is 1.91 bits per heavy atom. The average Bonchev–Trinajstić information content (AvgIpc) is 3.19. The molecular formula is C25H26N4O3. The highest BCUT2D eigenvalue weighted by atomic mass is 16.4. The van der Waals surface area contributed by atoms with Gasteiger partial charge < -0.3 is 14.2 Å². The highest BCUT2D eigenvalue weighted by Crippen LogP contribution is 2.25. The number of amides is 1. The lowest BCUT2D eigenvalue weighted by Gasteiger charge is -2.41. The molecule has 1 amide bonds. The second kappa shape index (κ2) is 7.82. The standard InChI is InChI=1S/C25H26N4O3/c1-16-5-4-6-19(11-16)28-10-9-27(14-18(28)3)23(30)15-29-24-20-12-17(2)7-8-22(20)32-25(31)21(24)13-26-29/h4-8,11-13,18H,9-10,14-15H2,1-3H3/t18-/m0/s1. The Balaban J connectivity index is 1.39. The maximum Gasteiger partial charge on any atom is 0.347 e. The summed E-state index contributed by atoms with van der Waals surface area (Å²) in [5, 5.41) is 5.55. The largest absolute Gasteiger partial charge is 0.422 e. The molecule has 1 atom stereocenters. The van der Waals surface area contributed by atoms with Crippen LogP contribution in [-0.4, -0.2) is 46.3 Å². The van der Waals surface area contributed by atoms with Crippen LogP contribution in [0, 0.1) is 13.8 Å². The topological polar surface area (TPSA) is 71.6 Å². The number of hydrogen-bond acceptors (Lipinski definition) is 5. The summed E-state index contributed by atoms with van der Waals surface area (Å²) in [5.41, 5.74) is 4.19. The second-order valence-corrected chi connectivity index (χ2v) is 8.67. The van der Waals surface area contributed by atoms with Crippen molar-refractivity contribution in [1.29, 1.82) is 0 Å². The van der Waals surface area contributed by atoms with E-state index in [0.717, 1.165) is 17.5 Å². The minimum atomic E-state index is -0.435. The van der Waals surface area contributed by atoms with Crippen LogP contribution in [0.1, 0.15) is 18.1 Å². The lowest BCUT2D eigenvalue weighted by Crippen LogP contribution is -2.54. The zero-order valence-electron chi connectivity index (χ0n) is 18.5. The first kappa shape index (κ1) is 20.3. The maximum absolute atomic E-state index is 13.2. The monoisotopic (exact) mass is 430 g/mol. The number of nitrogens with zero attached hydrogens (tertiary/aromatic N) is 4. The molecule has 2 aromatic carbocycles. The van der Waals surface area contributed by atoms with E-state index in [1.165, 1.54) is 17.4 Å². The van der Waals surface area contributed by atoms with Crippen LogP contribution in [0.15, 0.2) is 57.9 Å². The molecule has 1 aliphatic heterocycles. The molecule has 32 heavy (non-hydrogen) atoms. The minimum Gasteiger partial charge on any atom is -0.422 e. The summed E-state index contributed by atoms with van der Waals surface area (Å²) in [4.78, 5) is 29.8. The van der Waals surface area contributed by atoms with Gasteiger partial charge in [-0.1, -0.05) is 23.8 Å². The number of rotatable bonds is 3. The third kappa shape index (κ3) is 3.53. The molecule has 1 saturated heterocycles. The Kier molecular flexibility index (Phi) is 4.96. The number of hydrogen-bond donors (Lipinski definition) is 0. The lowest BCUT2D eigenvalue weighted by atomic mass is 10.1. The highest BCUT2D eigenvalue weighted by molar-refractivity contribution is 6.02. The number of aromatic nitrogens is 2. The number of anilines is 1. The Morgan fingerprint density at radius 1 is 1.09 bits per heavy atom. The molecule has 164 valence electrons. The number of carbonyl (C=O) groups excluding carboxylic acids is 1. The maximum atomic E-state index is 13.2. The molecule has 0 unspecified atom stereocenters. The summed E-state index contributed by atoms with van der Waals surface area (Å²) < 4.78 is 7.06. The zero-order valence-corrected chi connectivity index (χ0v) is 18.5. The van der Waals surface area contributed by atoms with Crippen molar-refractivity contribution in [3.8, 4) is 0 Å². The lowest BCUT2D eigenvalue weighted by molar-refractivity contribution is -0.132. The van der Waals surface area contributed by atoms with Gasteiger partial charge in [-0.25, -0.2) is 4.79 Å². The van der Waals surface area contributed by atoms with Crippen LogP contribution in [0.5, 0.6) is 0 Å². The third-order valence-electron chi connectivity index (χ3n) is 6.25.